The maximum Gasteiger partial charge on any atom is 0.407 e. The molecule has 0 heterocycles. The van der Waals surface area contributed by atoms with E-state index in [1.807, 2.05) is 24.3 Å². The standard InChI is InChI=1S/C26H30N2O5/c1-26(2,24(30)31)15-27-23(29)16-11-12-17(13-16)28-25(32)33-14-22-20-9-5-3-7-18(20)19-8-4-6-10-21(19)22/h3-10,16-17,22H,11-15H2,1-2H3,(H,27,29)(H,28,32)(H,30,31). The van der Waals surface area contributed by atoms with E-state index in [4.69, 9.17) is 4.74 Å². The first-order valence-electron chi connectivity index (χ1n) is 11.4. The number of alkyl carbamates (subject to hydrolysis) is 1. The summed E-state index contributed by atoms with van der Waals surface area (Å²) in [5.41, 5.74) is 3.66. The molecule has 4 rings (SSSR count). The van der Waals surface area contributed by atoms with Crippen LogP contribution < -0.4 is 10.6 Å². The van der Waals surface area contributed by atoms with Gasteiger partial charge in [0.1, 0.15) is 6.61 Å². The van der Waals surface area contributed by atoms with Crippen molar-refractivity contribution in [1.82, 2.24) is 10.6 Å². The summed E-state index contributed by atoms with van der Waals surface area (Å²) < 4.78 is 5.60. The third kappa shape index (κ3) is 4.87. The van der Waals surface area contributed by atoms with Crippen molar-refractivity contribution in [3.63, 3.8) is 0 Å². The van der Waals surface area contributed by atoms with Crippen LogP contribution in [0.2, 0.25) is 0 Å². The van der Waals surface area contributed by atoms with E-state index in [1.54, 1.807) is 13.8 Å². The molecule has 33 heavy (non-hydrogen) atoms. The van der Waals surface area contributed by atoms with Crippen LogP contribution in [0.1, 0.15) is 50.2 Å². The number of carbonyl (C=O) groups excluding carboxylic acids is 2. The highest BCUT2D eigenvalue weighted by molar-refractivity contribution is 5.81. The highest BCUT2D eigenvalue weighted by Gasteiger charge is 2.34. The van der Waals surface area contributed by atoms with Crippen LogP contribution in [0.15, 0.2) is 48.5 Å². The number of fused-ring (bicyclic) bond motifs is 3. The van der Waals surface area contributed by atoms with Gasteiger partial charge in [0.2, 0.25) is 5.91 Å². The number of hydrogen-bond donors (Lipinski definition) is 3. The SMILES string of the molecule is CC(C)(CNC(=O)C1CCC(NC(=O)OCC2c3ccccc3-c3ccccc32)C1)C(=O)O. The van der Waals surface area contributed by atoms with Gasteiger partial charge >= 0.3 is 12.1 Å². The Morgan fingerprint density at radius 2 is 1.61 bits per heavy atom. The molecule has 2 atom stereocenters. The van der Waals surface area contributed by atoms with Gasteiger partial charge in [0.05, 0.1) is 5.41 Å². The van der Waals surface area contributed by atoms with Gasteiger partial charge in [-0.25, -0.2) is 4.79 Å². The normalized spacial score (nSPS) is 19.5. The molecule has 2 aromatic carbocycles. The van der Waals surface area contributed by atoms with E-state index in [-0.39, 0.29) is 36.9 Å². The number of amides is 2. The predicted octanol–water partition coefficient (Wildman–Crippen LogP) is 3.92. The third-order valence-electron chi connectivity index (χ3n) is 6.75. The number of benzene rings is 2. The largest absolute Gasteiger partial charge is 0.481 e. The van der Waals surface area contributed by atoms with Crippen molar-refractivity contribution < 1.29 is 24.2 Å². The lowest BCUT2D eigenvalue weighted by atomic mass is 9.93. The summed E-state index contributed by atoms with van der Waals surface area (Å²) in [4.78, 5) is 36.1. The summed E-state index contributed by atoms with van der Waals surface area (Å²) >= 11 is 0. The Balaban J connectivity index is 1.28. The molecule has 2 aliphatic carbocycles. The van der Waals surface area contributed by atoms with E-state index in [0.29, 0.717) is 19.3 Å². The van der Waals surface area contributed by atoms with Gasteiger partial charge in [-0.1, -0.05) is 48.5 Å². The Labute approximate surface area is 193 Å². The maximum atomic E-state index is 12.5. The number of ether oxygens (including phenoxy) is 1. The molecule has 2 unspecified atom stereocenters. The second-order valence-electron chi connectivity index (χ2n) is 9.58. The predicted molar refractivity (Wildman–Crippen MR) is 124 cm³/mol. The highest BCUT2D eigenvalue weighted by atomic mass is 16.5. The van der Waals surface area contributed by atoms with Crippen molar-refractivity contribution in [3.05, 3.63) is 59.7 Å². The van der Waals surface area contributed by atoms with Gasteiger partial charge in [0.25, 0.3) is 0 Å². The van der Waals surface area contributed by atoms with Crippen molar-refractivity contribution in [3.8, 4) is 11.1 Å². The minimum Gasteiger partial charge on any atom is -0.481 e. The molecule has 174 valence electrons. The highest BCUT2D eigenvalue weighted by Crippen LogP contribution is 2.44. The van der Waals surface area contributed by atoms with Crippen molar-refractivity contribution in [1.29, 1.82) is 0 Å². The van der Waals surface area contributed by atoms with Crippen LogP contribution in [0.4, 0.5) is 4.79 Å². The summed E-state index contributed by atoms with van der Waals surface area (Å²) in [5.74, 6) is -1.36. The van der Waals surface area contributed by atoms with Gasteiger partial charge < -0.3 is 20.5 Å². The van der Waals surface area contributed by atoms with E-state index in [9.17, 15) is 19.5 Å². The zero-order valence-electron chi connectivity index (χ0n) is 19.0. The molecule has 0 spiro atoms. The average Bonchev–Trinajstić information content (AvgIpc) is 3.39. The summed E-state index contributed by atoms with van der Waals surface area (Å²) in [6.45, 7) is 3.47. The van der Waals surface area contributed by atoms with Gasteiger partial charge in [0, 0.05) is 24.4 Å². The molecular formula is C26H30N2O5. The van der Waals surface area contributed by atoms with Crippen LogP contribution in [0.25, 0.3) is 11.1 Å². The van der Waals surface area contributed by atoms with Gasteiger partial charge in [-0.2, -0.15) is 0 Å². The topological polar surface area (TPSA) is 105 Å². The first-order valence-corrected chi connectivity index (χ1v) is 11.4. The maximum absolute atomic E-state index is 12.5. The van der Waals surface area contributed by atoms with Crippen LogP contribution >= 0.6 is 0 Å². The fourth-order valence-electron chi connectivity index (χ4n) is 4.69. The zero-order valence-corrected chi connectivity index (χ0v) is 19.0. The monoisotopic (exact) mass is 450 g/mol. The second kappa shape index (κ2) is 9.25. The van der Waals surface area contributed by atoms with E-state index in [0.717, 1.165) is 11.1 Å². The molecule has 7 nitrogen and oxygen atoms in total. The molecule has 2 aliphatic rings. The smallest absolute Gasteiger partial charge is 0.407 e. The first kappa shape index (κ1) is 22.8. The summed E-state index contributed by atoms with van der Waals surface area (Å²) in [5, 5.41) is 14.8. The Morgan fingerprint density at radius 1 is 1.00 bits per heavy atom. The van der Waals surface area contributed by atoms with Crippen molar-refractivity contribution in [2.24, 2.45) is 11.3 Å². The van der Waals surface area contributed by atoms with Crippen LogP contribution in [0.3, 0.4) is 0 Å². The fraction of sp³-hybridized carbons (Fsp3) is 0.423. The van der Waals surface area contributed by atoms with E-state index in [1.165, 1.54) is 11.1 Å². The molecule has 0 bridgehead atoms. The van der Waals surface area contributed by atoms with E-state index in [2.05, 4.69) is 34.9 Å². The Bertz CT molecular complexity index is 1020. The Morgan fingerprint density at radius 3 is 2.21 bits per heavy atom. The van der Waals surface area contributed by atoms with E-state index >= 15 is 0 Å². The van der Waals surface area contributed by atoms with Crippen molar-refractivity contribution in [2.45, 2.75) is 45.1 Å². The van der Waals surface area contributed by atoms with Crippen molar-refractivity contribution in [2.75, 3.05) is 13.2 Å². The molecular weight excluding hydrogens is 420 g/mol. The van der Waals surface area contributed by atoms with Crippen LogP contribution in [0, 0.1) is 11.3 Å². The van der Waals surface area contributed by atoms with Gasteiger partial charge in [-0.3, -0.25) is 9.59 Å². The molecule has 2 amide bonds. The molecule has 0 aliphatic heterocycles. The number of hydrogen-bond acceptors (Lipinski definition) is 4. The lowest BCUT2D eigenvalue weighted by Gasteiger charge is -2.21. The van der Waals surface area contributed by atoms with Gasteiger partial charge in [-0.15, -0.1) is 0 Å². The minimum absolute atomic E-state index is 0.00263. The minimum atomic E-state index is -1.02. The molecule has 3 N–H and O–H groups in total. The molecule has 1 fully saturated rings. The van der Waals surface area contributed by atoms with Gasteiger partial charge in [0.15, 0.2) is 0 Å². The average molecular weight is 451 g/mol. The number of carbonyl (C=O) groups is 3. The molecule has 1 saturated carbocycles. The van der Waals surface area contributed by atoms with Crippen LogP contribution in [-0.4, -0.2) is 42.3 Å². The lowest BCUT2D eigenvalue weighted by molar-refractivity contribution is -0.146. The molecule has 0 radical (unpaired) electrons. The number of aliphatic carboxylic acids is 1. The fourth-order valence-corrected chi connectivity index (χ4v) is 4.69. The Kier molecular flexibility index (Phi) is 6.40. The van der Waals surface area contributed by atoms with Crippen LogP contribution in [0.5, 0.6) is 0 Å². The lowest BCUT2D eigenvalue weighted by Crippen LogP contribution is -2.41. The molecule has 0 aromatic heterocycles. The van der Waals surface area contributed by atoms with Gasteiger partial charge in [-0.05, 0) is 55.4 Å². The summed E-state index contributed by atoms with van der Waals surface area (Å²) in [6, 6.07) is 16.2. The number of nitrogens with one attached hydrogen (secondary N) is 2. The summed E-state index contributed by atoms with van der Waals surface area (Å²) in [7, 11) is 0. The van der Waals surface area contributed by atoms with Crippen LogP contribution in [-0.2, 0) is 14.3 Å². The Hall–Kier alpha value is -3.35. The first-order chi connectivity index (χ1) is 15.8. The molecule has 0 saturated heterocycles. The molecule has 7 heteroatoms. The molecule has 2 aromatic rings. The number of carboxylic acid groups (broad SMARTS) is 1. The third-order valence-corrected chi connectivity index (χ3v) is 6.75. The van der Waals surface area contributed by atoms with Crippen molar-refractivity contribution >= 4 is 18.0 Å². The number of carboxylic acids is 1. The number of rotatable bonds is 7. The second-order valence-corrected chi connectivity index (χ2v) is 9.58. The zero-order chi connectivity index (χ0) is 23.6. The van der Waals surface area contributed by atoms with E-state index < -0.39 is 17.5 Å². The summed E-state index contributed by atoms with van der Waals surface area (Å²) in [6.07, 6.45) is 1.37. The quantitative estimate of drug-likeness (QED) is 0.593.